The van der Waals surface area contributed by atoms with Gasteiger partial charge in [-0.2, -0.15) is 0 Å². The molecule has 0 saturated heterocycles. The molecule has 0 aliphatic carbocycles. The van der Waals surface area contributed by atoms with Crippen molar-refractivity contribution in [3.63, 3.8) is 0 Å². The van der Waals surface area contributed by atoms with Gasteiger partial charge in [-0.25, -0.2) is 5.43 Å². The van der Waals surface area contributed by atoms with Crippen molar-refractivity contribution in [2.24, 2.45) is 5.10 Å². The Morgan fingerprint density at radius 1 is 0.793 bits per heavy atom. The number of nitrogens with zero attached hydrogens (tertiary/aromatic N) is 2. The number of halogens is 5. The molecule has 0 aromatic heterocycles. The molecule has 0 spiro atoms. The first-order valence-electron chi connectivity index (χ1n) is 8.57. The molecule has 1 aliphatic heterocycles. The molecule has 0 fully saturated rings. The van der Waals surface area contributed by atoms with Crippen molar-refractivity contribution in [2.45, 2.75) is 0 Å². The molecule has 1 heterocycles. The van der Waals surface area contributed by atoms with Crippen molar-refractivity contribution in [1.82, 2.24) is 5.43 Å². The van der Waals surface area contributed by atoms with Gasteiger partial charge in [-0.3, -0.25) is 0 Å². The number of hydrazine groups is 1. The Labute approximate surface area is 179 Å². The van der Waals surface area contributed by atoms with E-state index < -0.39 is 7.25 Å². The van der Waals surface area contributed by atoms with Gasteiger partial charge in [-0.15, -0.1) is 0 Å². The standard InChI is InChI=1S/C19H15IN4.BF4/c20-16-11-13-18(14-12-16)24-22-19(15-7-3-1-4-8-15)21-23(24)17-9-5-2-6-10-17;2-1(3,4)5/h1-14H,(H,21,22);/q;-1/p+1. The minimum Gasteiger partial charge on any atom is -0.418 e. The van der Waals surface area contributed by atoms with Crippen LogP contribution in [0.5, 0.6) is 0 Å². The first kappa shape index (κ1) is 21.1. The highest BCUT2D eigenvalue weighted by Gasteiger charge is 2.32. The van der Waals surface area contributed by atoms with E-state index in [1.165, 1.54) is 3.57 Å². The van der Waals surface area contributed by atoms with Crippen molar-refractivity contribution in [1.29, 1.82) is 0 Å². The maximum atomic E-state index is 9.75. The SMILES string of the molecule is F[B-](F)(F)F.Ic1ccc([NH+]2N=C(c3ccccc3)NN2c2ccccc2)cc1. The van der Waals surface area contributed by atoms with Crippen LogP contribution in [0.25, 0.3) is 0 Å². The van der Waals surface area contributed by atoms with Crippen LogP contribution in [0.1, 0.15) is 5.56 Å². The molecular weight excluding hydrogens is 498 g/mol. The molecule has 3 aromatic carbocycles. The van der Waals surface area contributed by atoms with Crippen LogP contribution in [-0.2, 0) is 0 Å². The lowest BCUT2D eigenvalue weighted by Crippen LogP contribution is -3.10. The van der Waals surface area contributed by atoms with E-state index >= 15 is 0 Å². The summed E-state index contributed by atoms with van der Waals surface area (Å²) in [5.41, 5.74) is 6.64. The molecule has 4 rings (SSSR count). The summed E-state index contributed by atoms with van der Waals surface area (Å²) in [6.07, 6.45) is 0. The smallest absolute Gasteiger partial charge is 0.418 e. The van der Waals surface area contributed by atoms with Crippen molar-refractivity contribution in [3.05, 3.63) is 94.1 Å². The Balaban J connectivity index is 0.000000431. The molecule has 150 valence electrons. The normalized spacial score (nSPS) is 15.8. The summed E-state index contributed by atoms with van der Waals surface area (Å²) in [6.45, 7) is 0. The number of amidine groups is 1. The Hall–Kier alpha value is -2.60. The van der Waals surface area contributed by atoms with Gasteiger partial charge in [0.1, 0.15) is 5.69 Å². The fourth-order valence-corrected chi connectivity index (χ4v) is 2.98. The molecule has 1 unspecified atom stereocenters. The van der Waals surface area contributed by atoms with E-state index in [1.807, 2.05) is 41.5 Å². The average Bonchev–Trinajstić information content (AvgIpc) is 3.14. The lowest BCUT2D eigenvalue weighted by atomic mass is 10.2. The second kappa shape index (κ2) is 9.27. The van der Waals surface area contributed by atoms with Crippen LogP contribution in [0.2, 0.25) is 0 Å². The Kier molecular flexibility index (Phi) is 6.75. The quantitative estimate of drug-likeness (QED) is 0.309. The summed E-state index contributed by atoms with van der Waals surface area (Å²) in [5.74, 6) is 0.855. The van der Waals surface area contributed by atoms with Gasteiger partial charge < -0.3 is 17.3 Å². The number of nitrogens with one attached hydrogen (secondary N) is 2. The van der Waals surface area contributed by atoms with E-state index in [9.17, 15) is 17.3 Å². The fraction of sp³-hybridized carbons (Fsp3) is 0. The minimum atomic E-state index is -6.00. The van der Waals surface area contributed by atoms with Gasteiger partial charge >= 0.3 is 7.25 Å². The third kappa shape index (κ3) is 6.19. The van der Waals surface area contributed by atoms with Crippen molar-refractivity contribution >= 4 is 47.1 Å². The van der Waals surface area contributed by atoms with Gasteiger partial charge in [-0.1, -0.05) is 58.8 Å². The van der Waals surface area contributed by atoms with E-state index in [-0.39, 0.29) is 0 Å². The summed E-state index contributed by atoms with van der Waals surface area (Å²) in [7, 11) is -6.00. The highest BCUT2D eigenvalue weighted by molar-refractivity contribution is 14.1. The maximum Gasteiger partial charge on any atom is 0.673 e. The number of hydrogen-bond acceptors (Lipinski definition) is 3. The molecular formula is C19H16BF4IN4. The maximum absolute atomic E-state index is 9.75. The number of benzene rings is 3. The topological polar surface area (TPSA) is 32.1 Å². The monoisotopic (exact) mass is 514 g/mol. The molecule has 0 radical (unpaired) electrons. The number of rotatable bonds is 3. The van der Waals surface area contributed by atoms with E-state index in [1.54, 1.807) is 0 Å². The summed E-state index contributed by atoms with van der Waals surface area (Å²) < 4.78 is 40.2. The fourth-order valence-electron chi connectivity index (χ4n) is 2.62. The lowest BCUT2D eigenvalue weighted by molar-refractivity contribution is -0.846. The van der Waals surface area contributed by atoms with Crippen LogP contribution in [-0.4, -0.2) is 13.1 Å². The summed E-state index contributed by atoms with van der Waals surface area (Å²) >= 11 is 2.32. The third-order valence-corrected chi connectivity index (χ3v) is 4.53. The predicted molar refractivity (Wildman–Crippen MR) is 115 cm³/mol. The van der Waals surface area contributed by atoms with Gasteiger partial charge in [0.25, 0.3) is 0 Å². The number of para-hydroxylation sites is 1. The number of quaternary nitrogens is 1. The molecule has 3 aromatic rings. The molecule has 0 amide bonds. The molecule has 0 bridgehead atoms. The molecule has 2 N–H and O–H groups in total. The van der Waals surface area contributed by atoms with Crippen LogP contribution in [0.3, 0.4) is 0 Å². The highest BCUT2D eigenvalue weighted by atomic mass is 127. The molecule has 0 saturated carbocycles. The summed E-state index contributed by atoms with van der Waals surface area (Å²) in [6, 6.07) is 28.8. The number of anilines is 1. The molecule has 1 aliphatic rings. The second-order valence-corrected chi connectivity index (χ2v) is 7.18. The lowest BCUT2D eigenvalue weighted by Gasteiger charge is -2.21. The van der Waals surface area contributed by atoms with Crippen LogP contribution in [0, 0.1) is 3.57 Å². The van der Waals surface area contributed by atoms with Gasteiger partial charge in [0, 0.05) is 21.3 Å². The van der Waals surface area contributed by atoms with Crippen molar-refractivity contribution in [2.75, 3.05) is 5.12 Å². The zero-order chi connectivity index (χ0) is 20.9. The largest absolute Gasteiger partial charge is 0.673 e. The van der Waals surface area contributed by atoms with E-state index in [2.05, 4.69) is 76.5 Å². The van der Waals surface area contributed by atoms with Crippen LogP contribution >= 0.6 is 22.6 Å². The Bertz CT molecular complexity index is 947. The second-order valence-electron chi connectivity index (χ2n) is 5.93. The minimum absolute atomic E-state index is 0.855. The molecule has 1 atom stereocenters. The van der Waals surface area contributed by atoms with E-state index in [0.29, 0.717) is 0 Å². The Morgan fingerprint density at radius 2 is 1.31 bits per heavy atom. The average molecular weight is 514 g/mol. The van der Waals surface area contributed by atoms with Crippen LogP contribution < -0.4 is 15.7 Å². The Morgan fingerprint density at radius 3 is 1.86 bits per heavy atom. The highest BCUT2D eigenvalue weighted by Crippen LogP contribution is 2.14. The van der Waals surface area contributed by atoms with Crippen LogP contribution in [0.15, 0.2) is 90.0 Å². The van der Waals surface area contributed by atoms with Crippen molar-refractivity contribution in [3.8, 4) is 0 Å². The van der Waals surface area contributed by atoms with Gasteiger partial charge in [0.15, 0.2) is 5.69 Å². The molecule has 29 heavy (non-hydrogen) atoms. The molecule has 4 nitrogen and oxygen atoms in total. The third-order valence-electron chi connectivity index (χ3n) is 3.81. The first-order chi connectivity index (χ1) is 13.8. The predicted octanol–water partition coefficient (Wildman–Crippen LogP) is 4.41. The van der Waals surface area contributed by atoms with Gasteiger partial charge in [0.05, 0.1) is 0 Å². The van der Waals surface area contributed by atoms with Crippen LogP contribution in [0.4, 0.5) is 28.6 Å². The zero-order valence-corrected chi connectivity index (χ0v) is 17.1. The van der Waals surface area contributed by atoms with Crippen molar-refractivity contribution < 1.29 is 22.4 Å². The van der Waals surface area contributed by atoms with Gasteiger partial charge in [-0.05, 0) is 52.0 Å². The summed E-state index contributed by atoms with van der Waals surface area (Å²) in [4.78, 5) is 0. The van der Waals surface area contributed by atoms with Gasteiger partial charge in [0.2, 0.25) is 5.84 Å². The van der Waals surface area contributed by atoms with E-state index in [0.717, 1.165) is 27.9 Å². The zero-order valence-electron chi connectivity index (χ0n) is 14.9. The molecule has 10 heteroatoms. The first-order valence-corrected chi connectivity index (χ1v) is 9.65. The summed E-state index contributed by atoms with van der Waals surface area (Å²) in [5, 5.41) is 7.79. The van der Waals surface area contributed by atoms with E-state index in [4.69, 9.17) is 5.10 Å². The number of hydrogen-bond donors (Lipinski definition) is 2.